The number of nitrogens with two attached hydrogens (primary N) is 1. The van der Waals surface area contributed by atoms with E-state index in [-0.39, 0.29) is 5.82 Å². The average Bonchev–Trinajstić information content (AvgIpc) is 2.50. The summed E-state index contributed by atoms with van der Waals surface area (Å²) in [6, 6.07) is 16.3. The van der Waals surface area contributed by atoms with Crippen LogP contribution in [0.3, 0.4) is 0 Å². The summed E-state index contributed by atoms with van der Waals surface area (Å²) in [7, 11) is 0. The molecule has 2 aromatic carbocycles. The highest BCUT2D eigenvalue weighted by atomic mass is 19.1. The maximum atomic E-state index is 13.7. The van der Waals surface area contributed by atoms with Gasteiger partial charge in [0, 0.05) is 17.2 Å². The van der Waals surface area contributed by atoms with Gasteiger partial charge in [0.05, 0.1) is 5.69 Å². The molecule has 104 valence electrons. The molecule has 21 heavy (non-hydrogen) atoms. The summed E-state index contributed by atoms with van der Waals surface area (Å²) in [5.74, 6) is 0.507. The molecule has 0 saturated carbocycles. The van der Waals surface area contributed by atoms with Crippen LogP contribution in [0.4, 0.5) is 10.2 Å². The molecule has 0 amide bonds. The molecule has 0 bridgehead atoms. The Labute approximate surface area is 122 Å². The first-order valence-corrected chi connectivity index (χ1v) is 6.60. The van der Waals surface area contributed by atoms with Crippen LogP contribution in [0.1, 0.15) is 5.56 Å². The molecule has 4 heteroatoms. The Bertz CT molecular complexity index is 785. The van der Waals surface area contributed by atoms with Gasteiger partial charge in [-0.2, -0.15) is 0 Å². The second-order valence-corrected chi connectivity index (χ2v) is 4.83. The fourth-order valence-corrected chi connectivity index (χ4v) is 2.08. The first-order chi connectivity index (χ1) is 10.1. The van der Waals surface area contributed by atoms with Crippen molar-refractivity contribution < 1.29 is 4.39 Å². The maximum Gasteiger partial charge on any atom is 0.162 e. The molecular weight excluding hydrogens is 265 g/mol. The van der Waals surface area contributed by atoms with Crippen LogP contribution in [0, 0.1) is 12.7 Å². The summed E-state index contributed by atoms with van der Waals surface area (Å²) in [6.07, 6.45) is 0. The van der Waals surface area contributed by atoms with Crippen molar-refractivity contribution in [2.45, 2.75) is 6.92 Å². The number of benzene rings is 2. The third-order valence-corrected chi connectivity index (χ3v) is 3.25. The van der Waals surface area contributed by atoms with E-state index in [9.17, 15) is 4.39 Å². The smallest absolute Gasteiger partial charge is 0.162 e. The fraction of sp³-hybridized carbons (Fsp3) is 0.0588. The summed E-state index contributed by atoms with van der Waals surface area (Å²) < 4.78 is 13.7. The zero-order valence-corrected chi connectivity index (χ0v) is 11.5. The number of nitrogen functional groups attached to an aromatic ring is 1. The van der Waals surface area contributed by atoms with Gasteiger partial charge < -0.3 is 5.73 Å². The molecule has 1 aromatic heterocycles. The molecule has 3 aromatic rings. The van der Waals surface area contributed by atoms with Gasteiger partial charge in [-0.05, 0) is 18.6 Å². The van der Waals surface area contributed by atoms with E-state index in [1.165, 1.54) is 6.07 Å². The van der Waals surface area contributed by atoms with Crippen molar-refractivity contribution in [1.82, 2.24) is 9.97 Å². The Morgan fingerprint density at radius 1 is 0.905 bits per heavy atom. The third-order valence-electron chi connectivity index (χ3n) is 3.25. The second-order valence-electron chi connectivity index (χ2n) is 4.83. The van der Waals surface area contributed by atoms with Gasteiger partial charge >= 0.3 is 0 Å². The van der Waals surface area contributed by atoms with Crippen LogP contribution in [-0.4, -0.2) is 9.97 Å². The quantitative estimate of drug-likeness (QED) is 0.775. The van der Waals surface area contributed by atoms with Crippen LogP contribution in [-0.2, 0) is 0 Å². The summed E-state index contributed by atoms with van der Waals surface area (Å²) in [5.41, 5.74) is 8.73. The average molecular weight is 279 g/mol. The molecule has 3 rings (SSSR count). The largest absolute Gasteiger partial charge is 0.384 e. The van der Waals surface area contributed by atoms with E-state index in [0.29, 0.717) is 22.8 Å². The number of aryl methyl sites for hydroxylation is 1. The van der Waals surface area contributed by atoms with Gasteiger partial charge in [0.1, 0.15) is 11.6 Å². The van der Waals surface area contributed by atoms with Crippen LogP contribution >= 0.6 is 0 Å². The van der Waals surface area contributed by atoms with Crippen LogP contribution in [0.2, 0.25) is 0 Å². The van der Waals surface area contributed by atoms with Crippen molar-refractivity contribution in [3.8, 4) is 22.6 Å². The van der Waals surface area contributed by atoms with E-state index in [1.807, 2.05) is 30.3 Å². The number of rotatable bonds is 2. The highest BCUT2D eigenvalue weighted by molar-refractivity contribution is 5.66. The first kappa shape index (κ1) is 13.2. The Kier molecular flexibility index (Phi) is 3.36. The SMILES string of the molecule is Cc1ccc(-c2nc(N)cc(-c3ccccc3)n2)cc1F. The van der Waals surface area contributed by atoms with E-state index in [1.54, 1.807) is 25.1 Å². The maximum absolute atomic E-state index is 13.7. The molecule has 3 nitrogen and oxygen atoms in total. The lowest BCUT2D eigenvalue weighted by molar-refractivity contribution is 0.619. The summed E-state index contributed by atoms with van der Waals surface area (Å²) in [6.45, 7) is 1.72. The van der Waals surface area contributed by atoms with Crippen LogP contribution < -0.4 is 5.73 Å². The predicted octanol–water partition coefficient (Wildman–Crippen LogP) is 3.84. The highest BCUT2D eigenvalue weighted by Crippen LogP contribution is 2.24. The van der Waals surface area contributed by atoms with E-state index >= 15 is 0 Å². The number of hydrogen-bond acceptors (Lipinski definition) is 3. The van der Waals surface area contributed by atoms with Gasteiger partial charge in [-0.3, -0.25) is 0 Å². The second kappa shape index (κ2) is 5.32. The van der Waals surface area contributed by atoms with E-state index in [4.69, 9.17) is 5.73 Å². The number of nitrogens with zero attached hydrogens (tertiary/aromatic N) is 2. The highest BCUT2D eigenvalue weighted by Gasteiger charge is 2.09. The molecule has 0 fully saturated rings. The van der Waals surface area contributed by atoms with Crippen molar-refractivity contribution >= 4 is 5.82 Å². The lowest BCUT2D eigenvalue weighted by Gasteiger charge is -2.07. The molecule has 0 aliphatic heterocycles. The van der Waals surface area contributed by atoms with Gasteiger partial charge in [0.25, 0.3) is 0 Å². The van der Waals surface area contributed by atoms with Crippen molar-refractivity contribution in [3.05, 3.63) is 66.0 Å². The number of halogens is 1. The molecule has 0 atom stereocenters. The van der Waals surface area contributed by atoms with Crippen molar-refractivity contribution in [2.75, 3.05) is 5.73 Å². The molecule has 0 spiro atoms. The van der Waals surface area contributed by atoms with E-state index < -0.39 is 0 Å². The molecule has 0 radical (unpaired) electrons. The first-order valence-electron chi connectivity index (χ1n) is 6.60. The zero-order chi connectivity index (χ0) is 14.8. The van der Waals surface area contributed by atoms with E-state index in [0.717, 1.165) is 11.3 Å². The Balaban J connectivity index is 2.11. The Morgan fingerprint density at radius 3 is 2.38 bits per heavy atom. The summed E-state index contributed by atoms with van der Waals surface area (Å²) >= 11 is 0. The molecule has 1 heterocycles. The summed E-state index contributed by atoms with van der Waals surface area (Å²) in [5, 5.41) is 0. The van der Waals surface area contributed by atoms with Crippen LogP contribution in [0.25, 0.3) is 22.6 Å². The lowest BCUT2D eigenvalue weighted by Crippen LogP contribution is -1.98. The van der Waals surface area contributed by atoms with Gasteiger partial charge in [-0.1, -0.05) is 42.5 Å². The summed E-state index contributed by atoms with van der Waals surface area (Å²) in [4.78, 5) is 8.69. The molecule has 0 aliphatic rings. The topological polar surface area (TPSA) is 51.8 Å². The minimum atomic E-state index is -0.278. The fourth-order valence-electron chi connectivity index (χ4n) is 2.08. The molecule has 0 unspecified atom stereocenters. The lowest BCUT2D eigenvalue weighted by atomic mass is 10.1. The van der Waals surface area contributed by atoms with Crippen LogP contribution in [0.15, 0.2) is 54.6 Å². The molecule has 0 aliphatic carbocycles. The molecule has 2 N–H and O–H groups in total. The van der Waals surface area contributed by atoms with Crippen molar-refractivity contribution in [1.29, 1.82) is 0 Å². The number of hydrogen-bond donors (Lipinski definition) is 1. The van der Waals surface area contributed by atoms with E-state index in [2.05, 4.69) is 9.97 Å². The molecular formula is C17H14FN3. The van der Waals surface area contributed by atoms with Gasteiger partial charge in [0.15, 0.2) is 5.82 Å². The monoisotopic (exact) mass is 279 g/mol. The predicted molar refractivity (Wildman–Crippen MR) is 82.0 cm³/mol. The molecule has 0 saturated heterocycles. The normalized spacial score (nSPS) is 10.6. The van der Waals surface area contributed by atoms with Gasteiger partial charge in [-0.15, -0.1) is 0 Å². The van der Waals surface area contributed by atoms with Crippen LogP contribution in [0.5, 0.6) is 0 Å². The number of anilines is 1. The van der Waals surface area contributed by atoms with Gasteiger partial charge in [-0.25, -0.2) is 14.4 Å². The minimum Gasteiger partial charge on any atom is -0.384 e. The third kappa shape index (κ3) is 2.74. The van der Waals surface area contributed by atoms with Crippen molar-refractivity contribution in [2.24, 2.45) is 0 Å². The number of aromatic nitrogens is 2. The zero-order valence-electron chi connectivity index (χ0n) is 11.5. The van der Waals surface area contributed by atoms with Crippen molar-refractivity contribution in [3.63, 3.8) is 0 Å². The minimum absolute atomic E-state index is 0.278. The Hall–Kier alpha value is -2.75. The standard InChI is InChI=1S/C17H14FN3/c1-11-7-8-13(9-14(11)18)17-20-15(10-16(19)21-17)12-5-3-2-4-6-12/h2-10H,1H3,(H2,19,20,21). The van der Waals surface area contributed by atoms with Gasteiger partial charge in [0.2, 0.25) is 0 Å². The Morgan fingerprint density at radius 2 is 1.67 bits per heavy atom.